The first kappa shape index (κ1) is 32.3. The van der Waals surface area contributed by atoms with Gasteiger partial charge in [0.15, 0.2) is 0 Å². The molecular formula is C51H40N2. The predicted molar refractivity (Wildman–Crippen MR) is 225 cm³/mol. The number of fused-ring (bicyclic) bond motifs is 3. The summed E-state index contributed by atoms with van der Waals surface area (Å²) in [5, 5.41) is 2.50. The summed E-state index contributed by atoms with van der Waals surface area (Å²) in [6.45, 7) is 4.61. The maximum Gasteiger partial charge on any atom is 0.0541 e. The summed E-state index contributed by atoms with van der Waals surface area (Å²) in [6.07, 6.45) is 0. The van der Waals surface area contributed by atoms with E-state index < -0.39 is 0 Å². The van der Waals surface area contributed by atoms with Crippen molar-refractivity contribution in [2.24, 2.45) is 0 Å². The van der Waals surface area contributed by atoms with Crippen molar-refractivity contribution in [1.82, 2.24) is 4.57 Å². The summed E-state index contributed by atoms with van der Waals surface area (Å²) < 4.78 is 2.42. The highest BCUT2D eigenvalue weighted by molar-refractivity contribution is 6.09. The van der Waals surface area contributed by atoms with Gasteiger partial charge in [-0.25, -0.2) is 0 Å². The van der Waals surface area contributed by atoms with Gasteiger partial charge in [0, 0.05) is 38.9 Å². The highest BCUT2D eigenvalue weighted by atomic mass is 15.1. The Morgan fingerprint density at radius 1 is 0.358 bits per heavy atom. The van der Waals surface area contributed by atoms with Crippen LogP contribution in [0.25, 0.3) is 49.7 Å². The molecule has 0 aliphatic carbocycles. The summed E-state index contributed by atoms with van der Waals surface area (Å²) in [6, 6.07) is 74.7. The van der Waals surface area contributed by atoms with Crippen molar-refractivity contribution in [2.75, 3.05) is 4.90 Å². The van der Waals surface area contributed by atoms with Gasteiger partial charge in [0.05, 0.1) is 11.0 Å². The van der Waals surface area contributed by atoms with Crippen molar-refractivity contribution in [3.05, 3.63) is 217 Å². The molecule has 0 fully saturated rings. The molecule has 0 amide bonds. The molecule has 254 valence electrons. The number of rotatable bonds is 8. The topological polar surface area (TPSA) is 8.17 Å². The Bertz CT molecular complexity index is 2600. The van der Waals surface area contributed by atoms with Crippen molar-refractivity contribution < 1.29 is 0 Å². The van der Waals surface area contributed by atoms with Crippen LogP contribution in [0.2, 0.25) is 0 Å². The van der Waals surface area contributed by atoms with Gasteiger partial charge < -0.3 is 9.47 Å². The van der Waals surface area contributed by atoms with E-state index in [4.69, 9.17) is 0 Å². The lowest BCUT2D eigenvalue weighted by atomic mass is 9.78. The Morgan fingerprint density at radius 3 is 1.43 bits per heavy atom. The van der Waals surface area contributed by atoms with E-state index in [1.165, 1.54) is 49.6 Å². The van der Waals surface area contributed by atoms with Crippen molar-refractivity contribution in [3.63, 3.8) is 0 Å². The molecule has 0 radical (unpaired) electrons. The van der Waals surface area contributed by atoms with Crippen molar-refractivity contribution in [1.29, 1.82) is 0 Å². The van der Waals surface area contributed by atoms with Gasteiger partial charge in [-0.1, -0.05) is 166 Å². The smallest absolute Gasteiger partial charge is 0.0541 e. The standard InChI is InChI=1S/C51H40N2/c1-51(2,41-18-8-4-9-19-41)42-30-26-39(27-31-42)40-34-45(36-46(35-40)53-49-24-14-12-22-47(49)48-23-13-15-25-50(48)53)52(43-20-10-5-11-21-43)44-32-28-38(29-33-44)37-16-6-3-7-17-37/h3-36H,1-2H3. The zero-order chi connectivity index (χ0) is 35.8. The lowest BCUT2D eigenvalue weighted by molar-refractivity contribution is 0.641. The molecule has 9 aromatic rings. The molecular weight excluding hydrogens is 641 g/mol. The molecule has 1 heterocycles. The minimum atomic E-state index is -0.119. The molecule has 0 unspecified atom stereocenters. The number of anilines is 3. The van der Waals surface area contributed by atoms with Crippen LogP contribution < -0.4 is 4.90 Å². The fraction of sp³-hybridized carbons (Fsp3) is 0.0588. The van der Waals surface area contributed by atoms with E-state index in [1.807, 2.05) is 0 Å². The highest BCUT2D eigenvalue weighted by Crippen LogP contribution is 2.41. The summed E-state index contributed by atoms with van der Waals surface area (Å²) >= 11 is 0. The Labute approximate surface area is 311 Å². The maximum absolute atomic E-state index is 2.42. The Kier molecular flexibility index (Phi) is 8.21. The first-order valence-corrected chi connectivity index (χ1v) is 18.4. The molecule has 0 aliphatic heterocycles. The van der Waals surface area contributed by atoms with Gasteiger partial charge in [0.2, 0.25) is 0 Å². The molecule has 53 heavy (non-hydrogen) atoms. The van der Waals surface area contributed by atoms with Gasteiger partial charge in [-0.3, -0.25) is 0 Å². The van der Waals surface area contributed by atoms with Crippen LogP contribution in [0.15, 0.2) is 206 Å². The van der Waals surface area contributed by atoms with E-state index >= 15 is 0 Å². The monoisotopic (exact) mass is 680 g/mol. The third-order valence-electron chi connectivity index (χ3n) is 10.7. The molecule has 2 nitrogen and oxygen atoms in total. The van der Waals surface area contributed by atoms with Crippen LogP contribution in [-0.2, 0) is 5.41 Å². The molecule has 0 spiro atoms. The van der Waals surface area contributed by atoms with Gasteiger partial charge in [0.1, 0.15) is 0 Å². The lowest BCUT2D eigenvalue weighted by Crippen LogP contribution is -2.18. The summed E-state index contributed by atoms with van der Waals surface area (Å²) in [4.78, 5) is 2.38. The Hall–Kier alpha value is -6.64. The fourth-order valence-electron chi connectivity index (χ4n) is 7.78. The van der Waals surface area contributed by atoms with Crippen LogP contribution in [0.5, 0.6) is 0 Å². The van der Waals surface area contributed by atoms with Gasteiger partial charge in [-0.05, 0) is 88.0 Å². The van der Waals surface area contributed by atoms with Crippen LogP contribution in [0.4, 0.5) is 17.1 Å². The normalized spacial score (nSPS) is 11.6. The zero-order valence-electron chi connectivity index (χ0n) is 30.0. The second kappa shape index (κ2) is 13.5. The number of benzene rings is 8. The van der Waals surface area contributed by atoms with E-state index in [0.29, 0.717) is 0 Å². The molecule has 0 bridgehead atoms. The van der Waals surface area contributed by atoms with E-state index in [0.717, 1.165) is 28.3 Å². The van der Waals surface area contributed by atoms with Crippen LogP contribution in [0.3, 0.4) is 0 Å². The maximum atomic E-state index is 2.42. The third-order valence-corrected chi connectivity index (χ3v) is 10.7. The fourth-order valence-corrected chi connectivity index (χ4v) is 7.78. The Balaban J connectivity index is 1.24. The van der Waals surface area contributed by atoms with Crippen LogP contribution in [0, 0.1) is 0 Å². The van der Waals surface area contributed by atoms with E-state index in [9.17, 15) is 0 Å². The molecule has 0 saturated carbocycles. The number of nitrogens with zero attached hydrogens (tertiary/aromatic N) is 2. The number of hydrogen-bond donors (Lipinski definition) is 0. The van der Waals surface area contributed by atoms with Crippen molar-refractivity contribution in [3.8, 4) is 27.9 Å². The molecule has 0 saturated heterocycles. The SMILES string of the molecule is CC(C)(c1ccccc1)c1ccc(-c2cc(N(c3ccccc3)c3ccc(-c4ccccc4)cc3)cc(-n3c4ccccc4c4ccccc43)c2)cc1. The second-order valence-electron chi connectivity index (χ2n) is 14.3. The molecule has 2 heteroatoms. The molecule has 0 N–H and O–H groups in total. The molecule has 8 aromatic carbocycles. The van der Waals surface area contributed by atoms with E-state index in [-0.39, 0.29) is 5.41 Å². The molecule has 0 aliphatic rings. The largest absolute Gasteiger partial charge is 0.310 e. The minimum absolute atomic E-state index is 0.119. The van der Waals surface area contributed by atoms with Gasteiger partial charge >= 0.3 is 0 Å². The Morgan fingerprint density at radius 2 is 0.811 bits per heavy atom. The van der Waals surface area contributed by atoms with E-state index in [1.54, 1.807) is 0 Å². The van der Waals surface area contributed by atoms with Crippen LogP contribution >= 0.6 is 0 Å². The molecule has 9 rings (SSSR count). The minimum Gasteiger partial charge on any atom is -0.310 e. The molecule has 1 aromatic heterocycles. The summed E-state index contributed by atoms with van der Waals surface area (Å²) in [7, 11) is 0. The summed E-state index contributed by atoms with van der Waals surface area (Å²) in [5.41, 5.74) is 14.0. The number of para-hydroxylation sites is 3. The summed E-state index contributed by atoms with van der Waals surface area (Å²) in [5.74, 6) is 0. The quantitative estimate of drug-likeness (QED) is 0.155. The third kappa shape index (κ3) is 5.99. The average Bonchev–Trinajstić information content (AvgIpc) is 3.57. The van der Waals surface area contributed by atoms with Crippen molar-refractivity contribution >= 4 is 38.9 Å². The predicted octanol–water partition coefficient (Wildman–Crippen LogP) is 13.9. The van der Waals surface area contributed by atoms with Gasteiger partial charge in [-0.2, -0.15) is 0 Å². The van der Waals surface area contributed by atoms with Gasteiger partial charge in [-0.15, -0.1) is 0 Å². The van der Waals surface area contributed by atoms with Gasteiger partial charge in [0.25, 0.3) is 0 Å². The van der Waals surface area contributed by atoms with Crippen LogP contribution in [0.1, 0.15) is 25.0 Å². The second-order valence-corrected chi connectivity index (χ2v) is 14.3. The highest BCUT2D eigenvalue weighted by Gasteiger charge is 2.23. The lowest BCUT2D eigenvalue weighted by Gasteiger charge is -2.28. The van der Waals surface area contributed by atoms with Crippen molar-refractivity contribution in [2.45, 2.75) is 19.3 Å². The average molecular weight is 681 g/mol. The number of aromatic nitrogens is 1. The first-order chi connectivity index (χ1) is 26.0. The van der Waals surface area contributed by atoms with E-state index in [2.05, 4.69) is 230 Å². The van der Waals surface area contributed by atoms with Crippen LogP contribution in [-0.4, -0.2) is 4.57 Å². The zero-order valence-corrected chi connectivity index (χ0v) is 30.0. The number of hydrogen-bond acceptors (Lipinski definition) is 1. The molecule has 0 atom stereocenters. The first-order valence-electron chi connectivity index (χ1n) is 18.4.